The number of carboxylic acid groups (broad SMARTS) is 1. The number of nitrogens with zero attached hydrogens (tertiary/aromatic N) is 1. The SMILES string of the molecule is O=C(O)C1(NC2CC2)CCC(N2CCC3CCCCC32)C1. The van der Waals surface area contributed by atoms with Gasteiger partial charge in [0.15, 0.2) is 0 Å². The van der Waals surface area contributed by atoms with Crippen LogP contribution in [0.1, 0.15) is 64.2 Å². The molecule has 0 spiro atoms. The van der Waals surface area contributed by atoms with Crippen molar-refractivity contribution in [3.8, 4) is 0 Å². The summed E-state index contributed by atoms with van der Waals surface area (Å²) in [7, 11) is 0. The van der Waals surface area contributed by atoms with Gasteiger partial charge in [-0.1, -0.05) is 12.8 Å². The Morgan fingerprint density at radius 3 is 2.67 bits per heavy atom. The summed E-state index contributed by atoms with van der Waals surface area (Å²) in [6.45, 7) is 1.21. The highest BCUT2D eigenvalue weighted by molar-refractivity contribution is 5.79. The molecule has 1 saturated heterocycles. The molecule has 4 unspecified atom stereocenters. The number of nitrogens with one attached hydrogen (secondary N) is 1. The van der Waals surface area contributed by atoms with Crippen molar-refractivity contribution < 1.29 is 9.90 Å². The molecule has 0 aromatic carbocycles. The molecule has 0 radical (unpaired) electrons. The third-order valence-corrected chi connectivity index (χ3v) is 6.48. The van der Waals surface area contributed by atoms with E-state index in [4.69, 9.17) is 0 Å². The van der Waals surface area contributed by atoms with Crippen molar-refractivity contribution in [2.75, 3.05) is 6.54 Å². The summed E-state index contributed by atoms with van der Waals surface area (Å²) in [5.74, 6) is 0.284. The highest BCUT2D eigenvalue weighted by Crippen LogP contribution is 2.43. The number of fused-ring (bicyclic) bond motifs is 1. The summed E-state index contributed by atoms with van der Waals surface area (Å²) in [6.07, 6.45) is 11.9. The number of carbonyl (C=O) groups is 1. The normalized spacial score (nSPS) is 43.9. The monoisotopic (exact) mass is 292 g/mol. The van der Waals surface area contributed by atoms with E-state index in [2.05, 4.69) is 10.2 Å². The number of carboxylic acids is 1. The van der Waals surface area contributed by atoms with Crippen LogP contribution in [0.5, 0.6) is 0 Å². The molecule has 4 fully saturated rings. The molecule has 4 rings (SSSR count). The lowest BCUT2D eigenvalue weighted by molar-refractivity contribution is -0.145. The van der Waals surface area contributed by atoms with Gasteiger partial charge in [-0.25, -0.2) is 0 Å². The molecule has 2 N–H and O–H groups in total. The maximum atomic E-state index is 11.8. The van der Waals surface area contributed by atoms with Gasteiger partial charge in [0.1, 0.15) is 5.54 Å². The molecule has 0 amide bonds. The molecule has 4 nitrogen and oxygen atoms in total. The van der Waals surface area contributed by atoms with Crippen molar-refractivity contribution in [2.45, 2.75) is 87.9 Å². The Balaban J connectivity index is 1.46. The van der Waals surface area contributed by atoms with Gasteiger partial charge in [-0.15, -0.1) is 0 Å². The van der Waals surface area contributed by atoms with Gasteiger partial charge in [0.2, 0.25) is 0 Å². The van der Waals surface area contributed by atoms with Gasteiger partial charge in [-0.2, -0.15) is 0 Å². The van der Waals surface area contributed by atoms with Crippen LogP contribution in [0, 0.1) is 5.92 Å². The summed E-state index contributed by atoms with van der Waals surface area (Å²) in [5, 5.41) is 13.2. The molecule has 4 aliphatic rings. The van der Waals surface area contributed by atoms with Gasteiger partial charge < -0.3 is 5.11 Å². The molecule has 0 aromatic heterocycles. The Kier molecular flexibility index (Phi) is 3.49. The lowest BCUT2D eigenvalue weighted by Gasteiger charge is -2.36. The molecule has 0 bridgehead atoms. The van der Waals surface area contributed by atoms with Crippen molar-refractivity contribution in [1.82, 2.24) is 10.2 Å². The number of hydrogen-bond donors (Lipinski definition) is 2. The van der Waals surface area contributed by atoms with E-state index in [1.165, 1.54) is 38.6 Å². The lowest BCUT2D eigenvalue weighted by atomic mass is 9.85. The van der Waals surface area contributed by atoms with Crippen LogP contribution in [0.2, 0.25) is 0 Å². The van der Waals surface area contributed by atoms with Crippen molar-refractivity contribution >= 4 is 5.97 Å². The highest BCUT2D eigenvalue weighted by atomic mass is 16.4. The quantitative estimate of drug-likeness (QED) is 0.835. The maximum Gasteiger partial charge on any atom is 0.323 e. The minimum Gasteiger partial charge on any atom is -0.480 e. The van der Waals surface area contributed by atoms with E-state index < -0.39 is 11.5 Å². The van der Waals surface area contributed by atoms with Crippen LogP contribution >= 0.6 is 0 Å². The minimum absolute atomic E-state index is 0.473. The molecule has 0 aromatic rings. The summed E-state index contributed by atoms with van der Waals surface area (Å²) in [4.78, 5) is 14.5. The van der Waals surface area contributed by atoms with Crippen LogP contribution < -0.4 is 5.32 Å². The molecule has 1 heterocycles. The lowest BCUT2D eigenvalue weighted by Crippen LogP contribution is -2.52. The van der Waals surface area contributed by atoms with E-state index in [1.54, 1.807) is 0 Å². The van der Waals surface area contributed by atoms with E-state index in [-0.39, 0.29) is 0 Å². The first-order chi connectivity index (χ1) is 10.2. The number of hydrogen-bond acceptors (Lipinski definition) is 3. The van der Waals surface area contributed by atoms with Crippen LogP contribution in [0.25, 0.3) is 0 Å². The Morgan fingerprint density at radius 2 is 1.90 bits per heavy atom. The summed E-state index contributed by atoms with van der Waals surface area (Å²) in [5.41, 5.74) is -0.626. The van der Waals surface area contributed by atoms with Crippen molar-refractivity contribution in [3.63, 3.8) is 0 Å². The summed E-state index contributed by atoms with van der Waals surface area (Å²) in [6, 6.07) is 1.73. The Morgan fingerprint density at radius 1 is 1.10 bits per heavy atom. The third kappa shape index (κ3) is 2.50. The van der Waals surface area contributed by atoms with E-state index in [9.17, 15) is 9.90 Å². The van der Waals surface area contributed by atoms with Gasteiger partial charge in [0.25, 0.3) is 0 Å². The van der Waals surface area contributed by atoms with Crippen molar-refractivity contribution in [2.24, 2.45) is 5.92 Å². The van der Waals surface area contributed by atoms with E-state index >= 15 is 0 Å². The molecule has 21 heavy (non-hydrogen) atoms. The standard InChI is InChI=1S/C17H28N2O2/c20-16(21)17(18-13-5-6-13)9-7-14(11-17)19-10-8-12-3-1-2-4-15(12)19/h12-15,18H,1-11H2,(H,20,21). The van der Waals surface area contributed by atoms with Crippen LogP contribution in [-0.2, 0) is 4.79 Å². The Labute approximate surface area is 127 Å². The molecule has 4 heteroatoms. The fourth-order valence-corrected chi connectivity index (χ4v) is 5.20. The topological polar surface area (TPSA) is 52.6 Å². The number of rotatable bonds is 4. The molecule has 3 aliphatic carbocycles. The fourth-order valence-electron chi connectivity index (χ4n) is 5.20. The third-order valence-electron chi connectivity index (χ3n) is 6.48. The first-order valence-electron chi connectivity index (χ1n) is 8.95. The van der Waals surface area contributed by atoms with Crippen LogP contribution in [0.15, 0.2) is 0 Å². The second kappa shape index (κ2) is 5.24. The summed E-state index contributed by atoms with van der Waals surface area (Å²) < 4.78 is 0. The zero-order chi connectivity index (χ0) is 14.4. The zero-order valence-corrected chi connectivity index (χ0v) is 12.9. The molecule has 118 valence electrons. The molecule has 1 aliphatic heterocycles. The molecule has 4 atom stereocenters. The Bertz CT molecular complexity index is 423. The van der Waals surface area contributed by atoms with E-state index in [0.717, 1.165) is 44.1 Å². The average Bonchev–Trinajstić information content (AvgIpc) is 3.01. The Hall–Kier alpha value is -0.610. The maximum absolute atomic E-state index is 11.8. The second-order valence-corrected chi connectivity index (χ2v) is 7.84. The molecular formula is C17H28N2O2. The van der Waals surface area contributed by atoms with Crippen LogP contribution in [0.4, 0.5) is 0 Å². The van der Waals surface area contributed by atoms with Gasteiger partial charge in [0.05, 0.1) is 0 Å². The second-order valence-electron chi connectivity index (χ2n) is 7.84. The van der Waals surface area contributed by atoms with Crippen LogP contribution in [-0.4, -0.2) is 46.2 Å². The van der Waals surface area contributed by atoms with E-state index in [1.807, 2.05) is 0 Å². The van der Waals surface area contributed by atoms with Crippen LogP contribution in [0.3, 0.4) is 0 Å². The molecular weight excluding hydrogens is 264 g/mol. The number of aliphatic carboxylic acids is 1. The predicted molar refractivity (Wildman–Crippen MR) is 81.2 cm³/mol. The highest BCUT2D eigenvalue weighted by Gasteiger charge is 2.51. The van der Waals surface area contributed by atoms with E-state index in [0.29, 0.717) is 12.1 Å². The van der Waals surface area contributed by atoms with Gasteiger partial charge in [-0.05, 0) is 63.8 Å². The van der Waals surface area contributed by atoms with Gasteiger partial charge in [-0.3, -0.25) is 15.0 Å². The van der Waals surface area contributed by atoms with Gasteiger partial charge in [0, 0.05) is 18.1 Å². The summed E-state index contributed by atoms with van der Waals surface area (Å²) >= 11 is 0. The largest absolute Gasteiger partial charge is 0.480 e. The fraction of sp³-hybridized carbons (Fsp3) is 0.941. The first kappa shape index (κ1) is 14.0. The first-order valence-corrected chi connectivity index (χ1v) is 8.95. The number of likely N-dealkylation sites (tertiary alicyclic amines) is 1. The molecule has 3 saturated carbocycles. The predicted octanol–water partition coefficient (Wildman–Crippen LogP) is 2.38. The van der Waals surface area contributed by atoms with Gasteiger partial charge >= 0.3 is 5.97 Å². The smallest absolute Gasteiger partial charge is 0.323 e. The van der Waals surface area contributed by atoms with Crippen molar-refractivity contribution in [1.29, 1.82) is 0 Å². The minimum atomic E-state index is -0.626. The van der Waals surface area contributed by atoms with Crippen molar-refractivity contribution in [3.05, 3.63) is 0 Å². The zero-order valence-electron chi connectivity index (χ0n) is 12.9. The average molecular weight is 292 g/mol.